The van der Waals surface area contributed by atoms with Gasteiger partial charge in [0.1, 0.15) is 48.8 Å². The van der Waals surface area contributed by atoms with Crippen molar-refractivity contribution >= 4 is 0 Å². The topological polar surface area (TPSA) is 179 Å². The standard InChI is InChI=1S/C28H54O11/c1-2-3-4-5-6-7-8-9-10-11-12-13-14-15-16-36-27-25(35)23(33)26(20(18-30)38-27)39-28-24(34)22(32)21(31)19(17-29)37-28/h19-35H,2-18H2,1H3/t19?,20?,21-,22?,23?,24?,25?,26+,27-,28+/m1/s1. The second-order valence-electron chi connectivity index (χ2n) is 11.0. The van der Waals surface area contributed by atoms with Crippen LogP contribution in [0.15, 0.2) is 0 Å². The molecule has 232 valence electrons. The van der Waals surface area contributed by atoms with E-state index in [0.29, 0.717) is 6.61 Å². The number of hydrogen-bond acceptors (Lipinski definition) is 11. The first kappa shape index (κ1) is 34.8. The van der Waals surface area contributed by atoms with Gasteiger partial charge in [0, 0.05) is 6.61 Å². The molecule has 2 aliphatic heterocycles. The third-order valence-corrected chi connectivity index (χ3v) is 7.74. The summed E-state index contributed by atoms with van der Waals surface area (Å²) in [6, 6.07) is 0. The van der Waals surface area contributed by atoms with Gasteiger partial charge in [-0.3, -0.25) is 0 Å². The average molecular weight is 567 g/mol. The van der Waals surface area contributed by atoms with Gasteiger partial charge in [0.05, 0.1) is 13.2 Å². The molecular weight excluding hydrogens is 512 g/mol. The normalized spacial score (nSPS) is 35.4. The smallest absolute Gasteiger partial charge is 0.187 e. The maximum atomic E-state index is 10.6. The summed E-state index contributed by atoms with van der Waals surface area (Å²) in [5.41, 5.74) is 0. The second kappa shape index (κ2) is 19.6. The molecule has 2 aliphatic rings. The van der Waals surface area contributed by atoms with Crippen molar-refractivity contribution in [1.82, 2.24) is 0 Å². The molecule has 0 aliphatic carbocycles. The fourth-order valence-electron chi connectivity index (χ4n) is 5.19. The van der Waals surface area contributed by atoms with Crippen LogP contribution < -0.4 is 0 Å². The molecular formula is C28H54O11. The Morgan fingerprint density at radius 1 is 0.513 bits per heavy atom. The molecule has 0 aromatic heterocycles. The van der Waals surface area contributed by atoms with Gasteiger partial charge in [-0.15, -0.1) is 0 Å². The van der Waals surface area contributed by atoms with Gasteiger partial charge >= 0.3 is 0 Å². The van der Waals surface area contributed by atoms with E-state index in [4.69, 9.17) is 18.9 Å². The highest BCUT2D eigenvalue weighted by atomic mass is 16.7. The summed E-state index contributed by atoms with van der Waals surface area (Å²) in [7, 11) is 0. The van der Waals surface area contributed by atoms with Gasteiger partial charge in [0.15, 0.2) is 12.6 Å². The third kappa shape index (κ3) is 11.4. The molecule has 11 nitrogen and oxygen atoms in total. The lowest BCUT2D eigenvalue weighted by Crippen LogP contribution is -2.64. The molecule has 0 amide bonds. The summed E-state index contributed by atoms with van der Waals surface area (Å²) < 4.78 is 22.1. The van der Waals surface area contributed by atoms with Crippen LogP contribution in [0.4, 0.5) is 0 Å². The summed E-state index contributed by atoms with van der Waals surface area (Å²) in [6.07, 6.45) is 2.97. The molecule has 0 saturated carbocycles. The first-order valence-electron chi connectivity index (χ1n) is 15.1. The predicted molar refractivity (Wildman–Crippen MR) is 143 cm³/mol. The second-order valence-corrected chi connectivity index (χ2v) is 11.0. The Hall–Kier alpha value is -0.440. The van der Waals surface area contributed by atoms with Crippen molar-refractivity contribution in [1.29, 1.82) is 0 Å². The molecule has 2 saturated heterocycles. The highest BCUT2D eigenvalue weighted by Crippen LogP contribution is 2.29. The Morgan fingerprint density at radius 3 is 1.49 bits per heavy atom. The largest absolute Gasteiger partial charge is 0.394 e. The van der Waals surface area contributed by atoms with Crippen LogP contribution in [0.5, 0.6) is 0 Å². The Morgan fingerprint density at radius 2 is 0.974 bits per heavy atom. The van der Waals surface area contributed by atoms with Gasteiger partial charge in [0.25, 0.3) is 0 Å². The van der Waals surface area contributed by atoms with Gasteiger partial charge in [-0.1, -0.05) is 90.4 Å². The number of hydrogen-bond donors (Lipinski definition) is 7. The molecule has 0 bridgehead atoms. The summed E-state index contributed by atoms with van der Waals surface area (Å²) >= 11 is 0. The molecule has 7 N–H and O–H groups in total. The summed E-state index contributed by atoms with van der Waals surface area (Å²) in [4.78, 5) is 0. The molecule has 6 unspecified atom stereocenters. The van der Waals surface area contributed by atoms with E-state index in [2.05, 4.69) is 6.92 Å². The van der Waals surface area contributed by atoms with E-state index >= 15 is 0 Å². The quantitative estimate of drug-likeness (QED) is 0.105. The molecule has 2 rings (SSSR count). The van der Waals surface area contributed by atoms with E-state index in [1.807, 2.05) is 0 Å². The van der Waals surface area contributed by atoms with Crippen LogP contribution in [0, 0.1) is 0 Å². The molecule has 0 radical (unpaired) electrons. The van der Waals surface area contributed by atoms with Crippen molar-refractivity contribution in [3.8, 4) is 0 Å². The zero-order valence-corrected chi connectivity index (χ0v) is 23.6. The Kier molecular flexibility index (Phi) is 17.5. The number of aliphatic hydroxyl groups is 7. The highest BCUT2D eigenvalue weighted by Gasteiger charge is 2.50. The van der Waals surface area contributed by atoms with E-state index in [1.165, 1.54) is 70.6 Å². The lowest BCUT2D eigenvalue weighted by Gasteiger charge is -2.45. The Balaban J connectivity index is 1.62. The minimum Gasteiger partial charge on any atom is -0.394 e. The zero-order valence-electron chi connectivity index (χ0n) is 23.6. The monoisotopic (exact) mass is 566 g/mol. The van der Waals surface area contributed by atoms with Crippen molar-refractivity contribution in [2.45, 2.75) is 158 Å². The fourth-order valence-corrected chi connectivity index (χ4v) is 5.19. The van der Waals surface area contributed by atoms with Gasteiger partial charge in [-0.05, 0) is 6.42 Å². The molecule has 0 aromatic rings. The van der Waals surface area contributed by atoms with Gasteiger partial charge in [-0.25, -0.2) is 0 Å². The Labute approximate surface area is 233 Å². The molecule has 2 fully saturated rings. The SMILES string of the molecule is CCCCCCCCCCCCCCCCO[C@@H]1OC(CO)[C@H](O[C@@H]2OC(CO)[C@@H](O)C(O)C2O)C(O)C1O. The predicted octanol–water partition coefficient (Wildman–Crippen LogP) is 1.11. The lowest BCUT2D eigenvalue weighted by atomic mass is 9.97. The van der Waals surface area contributed by atoms with Crippen LogP contribution in [-0.4, -0.2) is 117 Å². The maximum Gasteiger partial charge on any atom is 0.187 e. The van der Waals surface area contributed by atoms with Gasteiger partial charge < -0.3 is 54.7 Å². The third-order valence-electron chi connectivity index (χ3n) is 7.74. The van der Waals surface area contributed by atoms with Gasteiger partial charge in [0.2, 0.25) is 0 Å². The van der Waals surface area contributed by atoms with E-state index in [1.54, 1.807) is 0 Å². The van der Waals surface area contributed by atoms with Crippen molar-refractivity contribution < 1.29 is 54.7 Å². The highest BCUT2D eigenvalue weighted by molar-refractivity contribution is 4.94. The van der Waals surface area contributed by atoms with Crippen LogP contribution in [-0.2, 0) is 18.9 Å². The maximum absolute atomic E-state index is 10.6. The zero-order chi connectivity index (χ0) is 28.6. The number of rotatable bonds is 20. The first-order chi connectivity index (χ1) is 18.8. The van der Waals surface area contributed by atoms with E-state index in [0.717, 1.165) is 19.3 Å². The number of aliphatic hydroxyl groups excluding tert-OH is 7. The fraction of sp³-hybridized carbons (Fsp3) is 1.00. The van der Waals surface area contributed by atoms with Crippen molar-refractivity contribution in [2.75, 3.05) is 19.8 Å². The molecule has 0 aromatic carbocycles. The van der Waals surface area contributed by atoms with Crippen LogP contribution in [0.3, 0.4) is 0 Å². The molecule has 10 atom stereocenters. The number of ether oxygens (including phenoxy) is 4. The molecule has 11 heteroatoms. The molecule has 39 heavy (non-hydrogen) atoms. The first-order valence-corrected chi connectivity index (χ1v) is 15.1. The van der Waals surface area contributed by atoms with Crippen molar-refractivity contribution in [3.05, 3.63) is 0 Å². The molecule has 2 heterocycles. The van der Waals surface area contributed by atoms with Crippen LogP contribution in [0.2, 0.25) is 0 Å². The van der Waals surface area contributed by atoms with E-state index < -0.39 is 74.6 Å². The van der Waals surface area contributed by atoms with Crippen LogP contribution >= 0.6 is 0 Å². The number of unbranched alkanes of at least 4 members (excludes halogenated alkanes) is 13. The molecule has 0 spiro atoms. The Bertz CT molecular complexity index is 608. The lowest BCUT2D eigenvalue weighted by molar-refractivity contribution is -0.359. The summed E-state index contributed by atoms with van der Waals surface area (Å²) in [6.45, 7) is 1.34. The minimum absolute atomic E-state index is 0.322. The van der Waals surface area contributed by atoms with Gasteiger partial charge in [-0.2, -0.15) is 0 Å². The van der Waals surface area contributed by atoms with Crippen LogP contribution in [0.25, 0.3) is 0 Å². The summed E-state index contributed by atoms with van der Waals surface area (Å²) in [5, 5.41) is 70.4. The van der Waals surface area contributed by atoms with Crippen molar-refractivity contribution in [3.63, 3.8) is 0 Å². The summed E-state index contributed by atoms with van der Waals surface area (Å²) in [5.74, 6) is 0. The van der Waals surface area contributed by atoms with E-state index in [9.17, 15) is 35.7 Å². The minimum atomic E-state index is -1.69. The van der Waals surface area contributed by atoms with E-state index in [-0.39, 0.29) is 0 Å². The average Bonchev–Trinajstić information content (AvgIpc) is 2.94. The van der Waals surface area contributed by atoms with Crippen molar-refractivity contribution in [2.24, 2.45) is 0 Å². The van der Waals surface area contributed by atoms with Crippen LogP contribution in [0.1, 0.15) is 96.8 Å².